The SMILES string of the molecule is FC(COC1CCCC1)c1ccccc1. The molecule has 1 aromatic rings. The minimum absolute atomic E-state index is 0.203. The van der Waals surface area contributed by atoms with Crippen LogP contribution in [0.4, 0.5) is 4.39 Å². The van der Waals surface area contributed by atoms with Gasteiger partial charge in [0.1, 0.15) is 6.17 Å². The summed E-state index contributed by atoms with van der Waals surface area (Å²) in [5.74, 6) is 0. The van der Waals surface area contributed by atoms with E-state index >= 15 is 0 Å². The first-order valence-corrected chi connectivity index (χ1v) is 5.67. The molecule has 0 aromatic heterocycles. The summed E-state index contributed by atoms with van der Waals surface area (Å²) in [5, 5.41) is 0. The molecule has 1 unspecified atom stereocenters. The van der Waals surface area contributed by atoms with Crippen LogP contribution in [-0.4, -0.2) is 12.7 Å². The van der Waals surface area contributed by atoms with Gasteiger partial charge in [-0.25, -0.2) is 4.39 Å². The Balaban J connectivity index is 1.79. The van der Waals surface area contributed by atoms with Crippen molar-refractivity contribution in [1.29, 1.82) is 0 Å². The first kappa shape index (κ1) is 10.6. The highest BCUT2D eigenvalue weighted by atomic mass is 19.1. The zero-order valence-electron chi connectivity index (χ0n) is 8.86. The van der Waals surface area contributed by atoms with Crippen LogP contribution in [0.15, 0.2) is 30.3 Å². The van der Waals surface area contributed by atoms with Crippen LogP contribution in [0, 0.1) is 0 Å². The summed E-state index contributed by atoms with van der Waals surface area (Å²) in [4.78, 5) is 0. The Morgan fingerprint density at radius 1 is 1.20 bits per heavy atom. The fourth-order valence-electron chi connectivity index (χ4n) is 2.03. The van der Waals surface area contributed by atoms with Crippen molar-refractivity contribution in [3.63, 3.8) is 0 Å². The molecule has 2 rings (SSSR count). The normalized spacial score (nSPS) is 19.3. The molecule has 0 amide bonds. The molecule has 1 aliphatic rings. The third-order valence-electron chi connectivity index (χ3n) is 2.94. The molecule has 1 fully saturated rings. The second kappa shape index (κ2) is 5.26. The minimum Gasteiger partial charge on any atom is -0.375 e. The highest BCUT2D eigenvalue weighted by Crippen LogP contribution is 2.24. The Bertz CT molecular complexity index is 280. The highest BCUT2D eigenvalue weighted by Gasteiger charge is 2.18. The van der Waals surface area contributed by atoms with E-state index in [1.54, 1.807) is 0 Å². The van der Waals surface area contributed by atoms with E-state index < -0.39 is 6.17 Å². The molecule has 1 atom stereocenters. The molecule has 0 aliphatic heterocycles. The van der Waals surface area contributed by atoms with Gasteiger partial charge in [0.2, 0.25) is 0 Å². The molecule has 1 aromatic carbocycles. The topological polar surface area (TPSA) is 9.23 Å². The van der Waals surface area contributed by atoms with Gasteiger partial charge in [0.15, 0.2) is 0 Å². The van der Waals surface area contributed by atoms with Gasteiger partial charge in [-0.1, -0.05) is 43.2 Å². The molecule has 0 saturated heterocycles. The van der Waals surface area contributed by atoms with E-state index in [1.807, 2.05) is 30.3 Å². The Morgan fingerprint density at radius 2 is 1.87 bits per heavy atom. The van der Waals surface area contributed by atoms with Crippen molar-refractivity contribution in [2.75, 3.05) is 6.61 Å². The van der Waals surface area contributed by atoms with Gasteiger partial charge in [0.05, 0.1) is 12.7 Å². The molecule has 1 nitrogen and oxygen atoms in total. The average Bonchev–Trinajstić information content (AvgIpc) is 2.80. The van der Waals surface area contributed by atoms with E-state index in [9.17, 15) is 4.39 Å². The summed E-state index contributed by atoms with van der Waals surface area (Å²) in [7, 11) is 0. The van der Waals surface area contributed by atoms with Crippen molar-refractivity contribution >= 4 is 0 Å². The molecule has 82 valence electrons. The van der Waals surface area contributed by atoms with E-state index in [0.717, 1.165) is 18.4 Å². The molecule has 0 heterocycles. The number of benzene rings is 1. The van der Waals surface area contributed by atoms with E-state index in [2.05, 4.69) is 0 Å². The Kier molecular flexibility index (Phi) is 3.73. The lowest BCUT2D eigenvalue weighted by molar-refractivity contribution is 0.0222. The highest BCUT2D eigenvalue weighted by molar-refractivity contribution is 5.17. The van der Waals surface area contributed by atoms with Crippen LogP contribution in [-0.2, 0) is 4.74 Å². The Labute approximate surface area is 90.3 Å². The second-order valence-electron chi connectivity index (χ2n) is 4.12. The number of ether oxygens (including phenoxy) is 1. The van der Waals surface area contributed by atoms with Crippen molar-refractivity contribution in [1.82, 2.24) is 0 Å². The number of alkyl halides is 1. The van der Waals surface area contributed by atoms with Crippen LogP contribution in [0.2, 0.25) is 0 Å². The first-order chi connectivity index (χ1) is 7.36. The lowest BCUT2D eigenvalue weighted by Crippen LogP contribution is -2.12. The zero-order valence-corrected chi connectivity index (χ0v) is 8.86. The third kappa shape index (κ3) is 3.03. The third-order valence-corrected chi connectivity index (χ3v) is 2.94. The van der Waals surface area contributed by atoms with Gasteiger partial charge < -0.3 is 4.74 Å². The predicted octanol–water partition coefficient (Wildman–Crippen LogP) is 3.66. The Hall–Kier alpha value is -0.890. The summed E-state index contributed by atoms with van der Waals surface area (Å²) in [6.45, 7) is 0.203. The Morgan fingerprint density at radius 3 is 2.53 bits per heavy atom. The summed E-state index contributed by atoms with van der Waals surface area (Å²) >= 11 is 0. The molecular formula is C13H17FO. The molecule has 2 heteroatoms. The molecule has 0 spiro atoms. The van der Waals surface area contributed by atoms with Gasteiger partial charge in [0.25, 0.3) is 0 Å². The van der Waals surface area contributed by atoms with E-state index in [-0.39, 0.29) is 6.61 Å². The van der Waals surface area contributed by atoms with E-state index in [1.165, 1.54) is 12.8 Å². The van der Waals surface area contributed by atoms with Crippen LogP contribution in [0.25, 0.3) is 0 Å². The number of halogens is 1. The van der Waals surface area contributed by atoms with Gasteiger partial charge in [-0.05, 0) is 18.4 Å². The van der Waals surface area contributed by atoms with Gasteiger partial charge in [-0.3, -0.25) is 0 Å². The molecule has 0 N–H and O–H groups in total. The summed E-state index contributed by atoms with van der Waals surface area (Å²) in [6, 6.07) is 9.23. The van der Waals surface area contributed by atoms with Crippen LogP contribution < -0.4 is 0 Å². The molecule has 15 heavy (non-hydrogen) atoms. The largest absolute Gasteiger partial charge is 0.375 e. The fourth-order valence-corrected chi connectivity index (χ4v) is 2.03. The lowest BCUT2D eigenvalue weighted by atomic mass is 10.1. The van der Waals surface area contributed by atoms with Crippen LogP contribution in [0.5, 0.6) is 0 Å². The average molecular weight is 208 g/mol. The lowest BCUT2D eigenvalue weighted by Gasteiger charge is -2.13. The molecule has 1 aliphatic carbocycles. The zero-order chi connectivity index (χ0) is 10.5. The quantitative estimate of drug-likeness (QED) is 0.733. The van der Waals surface area contributed by atoms with Gasteiger partial charge in [-0.15, -0.1) is 0 Å². The molecule has 1 saturated carbocycles. The maximum absolute atomic E-state index is 13.7. The van der Waals surface area contributed by atoms with Gasteiger partial charge >= 0.3 is 0 Å². The maximum atomic E-state index is 13.7. The van der Waals surface area contributed by atoms with Crippen LogP contribution in [0.3, 0.4) is 0 Å². The van der Waals surface area contributed by atoms with Crippen molar-refractivity contribution in [2.45, 2.75) is 38.0 Å². The van der Waals surface area contributed by atoms with E-state index in [4.69, 9.17) is 4.74 Å². The summed E-state index contributed by atoms with van der Waals surface area (Å²) < 4.78 is 19.2. The molecule has 0 radical (unpaired) electrons. The predicted molar refractivity (Wildman–Crippen MR) is 58.5 cm³/mol. The van der Waals surface area contributed by atoms with Gasteiger partial charge in [-0.2, -0.15) is 0 Å². The summed E-state index contributed by atoms with van der Waals surface area (Å²) in [5.41, 5.74) is 0.718. The number of rotatable bonds is 4. The van der Waals surface area contributed by atoms with Crippen molar-refractivity contribution < 1.29 is 9.13 Å². The van der Waals surface area contributed by atoms with E-state index in [0.29, 0.717) is 6.10 Å². The summed E-state index contributed by atoms with van der Waals surface area (Å²) in [6.07, 6.45) is 3.97. The van der Waals surface area contributed by atoms with Crippen molar-refractivity contribution in [2.24, 2.45) is 0 Å². The van der Waals surface area contributed by atoms with Crippen LogP contribution >= 0.6 is 0 Å². The first-order valence-electron chi connectivity index (χ1n) is 5.67. The van der Waals surface area contributed by atoms with Crippen molar-refractivity contribution in [3.05, 3.63) is 35.9 Å². The minimum atomic E-state index is -0.980. The standard InChI is InChI=1S/C13H17FO/c14-13(11-6-2-1-3-7-11)10-15-12-8-4-5-9-12/h1-3,6-7,12-13H,4-5,8-10H2. The molecular weight excluding hydrogens is 191 g/mol. The van der Waals surface area contributed by atoms with Crippen LogP contribution in [0.1, 0.15) is 37.4 Å². The number of hydrogen-bond acceptors (Lipinski definition) is 1. The smallest absolute Gasteiger partial charge is 0.148 e. The van der Waals surface area contributed by atoms with Gasteiger partial charge in [0, 0.05) is 0 Å². The monoisotopic (exact) mass is 208 g/mol. The molecule has 0 bridgehead atoms. The van der Waals surface area contributed by atoms with Crippen molar-refractivity contribution in [3.8, 4) is 0 Å². The number of hydrogen-bond donors (Lipinski definition) is 0. The maximum Gasteiger partial charge on any atom is 0.148 e. The fraction of sp³-hybridized carbons (Fsp3) is 0.538. The second-order valence-corrected chi connectivity index (χ2v) is 4.12.